The smallest absolute Gasteiger partial charge is 0.254 e. The minimum atomic E-state index is 0.0785. The zero-order chi connectivity index (χ0) is 19.8. The van der Waals surface area contributed by atoms with E-state index in [1.165, 1.54) is 5.56 Å². The molecule has 3 aromatic rings. The molecule has 1 aliphatic carbocycles. The number of aryl methyl sites for hydroxylation is 3. The van der Waals surface area contributed by atoms with Crippen LogP contribution >= 0.6 is 0 Å². The molecule has 1 aliphatic rings. The predicted octanol–water partition coefficient (Wildman–Crippen LogP) is 4.38. The molecule has 1 amide bonds. The van der Waals surface area contributed by atoms with Crippen LogP contribution in [0.1, 0.15) is 58.9 Å². The quantitative estimate of drug-likeness (QED) is 0.681. The van der Waals surface area contributed by atoms with Gasteiger partial charge in [0.15, 0.2) is 5.65 Å². The third kappa shape index (κ3) is 3.30. The van der Waals surface area contributed by atoms with Gasteiger partial charge in [-0.3, -0.25) is 9.48 Å². The summed E-state index contributed by atoms with van der Waals surface area (Å²) in [7, 11) is 3.83. The summed E-state index contributed by atoms with van der Waals surface area (Å²) in [5.74, 6) is 0.686. The minimum absolute atomic E-state index is 0.0785. The Labute approximate surface area is 166 Å². The molecule has 5 nitrogen and oxygen atoms in total. The Morgan fingerprint density at radius 2 is 1.79 bits per heavy atom. The molecule has 0 atom stereocenters. The number of rotatable bonds is 3. The van der Waals surface area contributed by atoms with Gasteiger partial charge in [-0.25, -0.2) is 4.98 Å². The van der Waals surface area contributed by atoms with Crippen LogP contribution in [0.25, 0.3) is 11.0 Å². The highest BCUT2D eigenvalue weighted by Gasteiger charge is 2.29. The maximum Gasteiger partial charge on any atom is 0.254 e. The molecule has 0 radical (unpaired) electrons. The van der Waals surface area contributed by atoms with E-state index in [9.17, 15) is 4.79 Å². The van der Waals surface area contributed by atoms with Gasteiger partial charge in [0.05, 0.1) is 16.6 Å². The average Bonchev–Trinajstić information content (AvgIpc) is 3.00. The largest absolute Gasteiger partial charge is 0.339 e. The molecule has 5 heteroatoms. The van der Waals surface area contributed by atoms with Crippen molar-refractivity contribution in [2.45, 2.75) is 51.5 Å². The molecule has 0 N–H and O–H groups in total. The van der Waals surface area contributed by atoms with Crippen LogP contribution in [0, 0.1) is 13.8 Å². The fraction of sp³-hybridized carbons (Fsp3) is 0.435. The van der Waals surface area contributed by atoms with Crippen LogP contribution in [0.3, 0.4) is 0 Å². The Hall–Kier alpha value is -2.69. The number of carbonyl (C=O) groups is 1. The van der Waals surface area contributed by atoms with E-state index in [1.807, 2.05) is 38.9 Å². The van der Waals surface area contributed by atoms with Gasteiger partial charge >= 0.3 is 0 Å². The molecular weight excluding hydrogens is 348 g/mol. The van der Waals surface area contributed by atoms with Gasteiger partial charge in [-0.05, 0) is 57.1 Å². The maximum atomic E-state index is 13.4. The number of pyridine rings is 1. The fourth-order valence-electron chi connectivity index (χ4n) is 4.62. The van der Waals surface area contributed by atoms with Gasteiger partial charge in [-0.2, -0.15) is 5.10 Å². The van der Waals surface area contributed by atoms with Gasteiger partial charge < -0.3 is 4.90 Å². The Morgan fingerprint density at radius 3 is 2.46 bits per heavy atom. The van der Waals surface area contributed by atoms with Crippen LogP contribution in [0.2, 0.25) is 0 Å². The van der Waals surface area contributed by atoms with Crippen molar-refractivity contribution >= 4 is 16.9 Å². The van der Waals surface area contributed by atoms with Gasteiger partial charge in [0.25, 0.3) is 5.91 Å². The highest BCUT2D eigenvalue weighted by Crippen LogP contribution is 2.35. The average molecular weight is 377 g/mol. The molecule has 0 aliphatic heterocycles. The van der Waals surface area contributed by atoms with Crippen LogP contribution in [0.4, 0.5) is 0 Å². The van der Waals surface area contributed by atoms with E-state index >= 15 is 0 Å². The zero-order valence-corrected chi connectivity index (χ0v) is 17.1. The minimum Gasteiger partial charge on any atom is -0.339 e. The third-order valence-corrected chi connectivity index (χ3v) is 6.16. The molecule has 2 heterocycles. The SMILES string of the molecule is Cc1cc(C(=O)N(C)C2CCC(c3ccccc3)CC2)c2c(C)nn(C)c2n1. The van der Waals surface area contributed by atoms with Crippen LogP contribution in [-0.4, -0.2) is 38.7 Å². The Kier molecular flexibility index (Phi) is 4.92. The van der Waals surface area contributed by atoms with Crippen molar-refractivity contribution in [3.63, 3.8) is 0 Å². The predicted molar refractivity (Wildman–Crippen MR) is 112 cm³/mol. The molecule has 0 saturated heterocycles. The molecule has 1 aromatic carbocycles. The first-order valence-corrected chi connectivity index (χ1v) is 10.1. The monoisotopic (exact) mass is 376 g/mol. The first-order valence-electron chi connectivity index (χ1n) is 10.1. The standard InChI is InChI=1S/C23H28N4O/c1-15-14-20(21-16(2)25-27(4)22(21)24-15)23(28)26(3)19-12-10-18(11-13-19)17-8-6-5-7-9-17/h5-9,14,18-19H,10-13H2,1-4H3. The Morgan fingerprint density at radius 1 is 1.11 bits per heavy atom. The van der Waals surface area contributed by atoms with Crippen LogP contribution in [0.5, 0.6) is 0 Å². The van der Waals surface area contributed by atoms with E-state index in [4.69, 9.17) is 0 Å². The summed E-state index contributed by atoms with van der Waals surface area (Å²) in [5, 5.41) is 5.35. The van der Waals surface area contributed by atoms with Gasteiger partial charge in [0.1, 0.15) is 0 Å². The van der Waals surface area contributed by atoms with Crippen molar-refractivity contribution in [1.82, 2.24) is 19.7 Å². The van der Waals surface area contributed by atoms with Crippen molar-refractivity contribution in [2.75, 3.05) is 7.05 Å². The number of hydrogen-bond donors (Lipinski definition) is 0. The number of fused-ring (bicyclic) bond motifs is 1. The Bertz CT molecular complexity index is 1000. The molecule has 1 saturated carbocycles. The van der Waals surface area contributed by atoms with Gasteiger partial charge in [0, 0.05) is 25.8 Å². The fourth-order valence-corrected chi connectivity index (χ4v) is 4.62. The summed E-state index contributed by atoms with van der Waals surface area (Å²) in [5.41, 5.74) is 4.63. The van der Waals surface area contributed by atoms with Crippen LogP contribution < -0.4 is 0 Å². The number of nitrogens with zero attached hydrogens (tertiary/aromatic N) is 4. The van der Waals surface area contributed by atoms with E-state index in [0.717, 1.165) is 53.7 Å². The highest BCUT2D eigenvalue weighted by atomic mass is 16.2. The van der Waals surface area contributed by atoms with Crippen LogP contribution in [-0.2, 0) is 7.05 Å². The number of aromatic nitrogens is 3. The maximum absolute atomic E-state index is 13.4. The summed E-state index contributed by atoms with van der Waals surface area (Å²) >= 11 is 0. The normalized spacial score (nSPS) is 19.7. The van der Waals surface area contributed by atoms with E-state index in [0.29, 0.717) is 5.92 Å². The molecule has 4 rings (SSSR count). The van der Waals surface area contributed by atoms with E-state index in [-0.39, 0.29) is 11.9 Å². The van der Waals surface area contributed by atoms with Gasteiger partial charge in [-0.15, -0.1) is 0 Å². The van der Waals surface area contributed by atoms with E-state index in [2.05, 4.69) is 40.4 Å². The number of benzene rings is 1. The first kappa shape index (κ1) is 18.7. The summed E-state index contributed by atoms with van der Waals surface area (Å²) < 4.78 is 1.76. The molecule has 146 valence electrons. The summed E-state index contributed by atoms with van der Waals surface area (Å²) in [4.78, 5) is 19.9. The van der Waals surface area contributed by atoms with Crippen molar-refractivity contribution in [3.05, 3.63) is 58.9 Å². The molecule has 0 unspecified atom stereocenters. The lowest BCUT2D eigenvalue weighted by molar-refractivity contribution is 0.0691. The molecule has 0 spiro atoms. The van der Waals surface area contributed by atoms with Crippen molar-refractivity contribution in [3.8, 4) is 0 Å². The van der Waals surface area contributed by atoms with E-state index in [1.54, 1.807) is 4.68 Å². The second-order valence-electron chi connectivity index (χ2n) is 8.05. The third-order valence-electron chi connectivity index (χ3n) is 6.16. The number of hydrogen-bond acceptors (Lipinski definition) is 3. The lowest BCUT2D eigenvalue weighted by Crippen LogP contribution is -2.39. The molecule has 1 fully saturated rings. The zero-order valence-electron chi connectivity index (χ0n) is 17.1. The number of amides is 1. The lowest BCUT2D eigenvalue weighted by Gasteiger charge is -2.35. The van der Waals surface area contributed by atoms with Crippen molar-refractivity contribution < 1.29 is 4.79 Å². The number of carbonyl (C=O) groups excluding carboxylic acids is 1. The second kappa shape index (κ2) is 7.38. The van der Waals surface area contributed by atoms with Gasteiger partial charge in [0.2, 0.25) is 0 Å². The molecular formula is C23H28N4O. The summed E-state index contributed by atoms with van der Waals surface area (Å²) in [6.45, 7) is 3.88. The second-order valence-corrected chi connectivity index (χ2v) is 8.05. The van der Waals surface area contributed by atoms with Crippen molar-refractivity contribution in [2.24, 2.45) is 7.05 Å². The summed E-state index contributed by atoms with van der Waals surface area (Å²) in [6.07, 6.45) is 4.34. The molecule has 28 heavy (non-hydrogen) atoms. The highest BCUT2D eigenvalue weighted by molar-refractivity contribution is 6.06. The van der Waals surface area contributed by atoms with Crippen LogP contribution in [0.15, 0.2) is 36.4 Å². The Balaban J connectivity index is 1.54. The molecule has 0 bridgehead atoms. The topological polar surface area (TPSA) is 51.0 Å². The molecule has 2 aromatic heterocycles. The van der Waals surface area contributed by atoms with Gasteiger partial charge in [-0.1, -0.05) is 30.3 Å². The lowest BCUT2D eigenvalue weighted by atomic mass is 9.81. The van der Waals surface area contributed by atoms with E-state index < -0.39 is 0 Å². The first-order chi connectivity index (χ1) is 13.5. The summed E-state index contributed by atoms with van der Waals surface area (Å²) in [6, 6.07) is 12.9. The van der Waals surface area contributed by atoms with Crippen molar-refractivity contribution in [1.29, 1.82) is 0 Å².